The first-order chi connectivity index (χ1) is 14.2. The standard InChI is InChI=1S/C26H26O3/c1-28-23-16-15-21-20(17-18-9-5-3-6-10-18)13-14-22(21)24(25(23)26(27)29-2)19-11-7-4-8-12-19/h3-12,17,24H,13-16H2,1-2H3/b20-17+/t24-/m0/s1. The van der Waals surface area contributed by atoms with Crippen molar-refractivity contribution in [3.8, 4) is 0 Å². The van der Waals surface area contributed by atoms with Crippen LogP contribution < -0.4 is 0 Å². The van der Waals surface area contributed by atoms with Crippen LogP contribution in [0.5, 0.6) is 0 Å². The van der Waals surface area contributed by atoms with Crippen LogP contribution in [0.1, 0.15) is 42.7 Å². The highest BCUT2D eigenvalue weighted by Crippen LogP contribution is 2.49. The summed E-state index contributed by atoms with van der Waals surface area (Å²) in [4.78, 5) is 12.8. The molecule has 0 saturated heterocycles. The number of benzene rings is 2. The van der Waals surface area contributed by atoms with Gasteiger partial charge in [0, 0.05) is 12.3 Å². The second-order valence-corrected chi connectivity index (χ2v) is 7.46. The third-order valence-electron chi connectivity index (χ3n) is 5.90. The predicted molar refractivity (Wildman–Crippen MR) is 115 cm³/mol. The molecule has 29 heavy (non-hydrogen) atoms. The molecule has 148 valence electrons. The summed E-state index contributed by atoms with van der Waals surface area (Å²) >= 11 is 0. The maximum atomic E-state index is 12.8. The lowest BCUT2D eigenvalue weighted by Gasteiger charge is -2.22. The summed E-state index contributed by atoms with van der Waals surface area (Å²) in [5.74, 6) is 0.307. The van der Waals surface area contributed by atoms with Crippen LogP contribution in [-0.2, 0) is 14.3 Å². The van der Waals surface area contributed by atoms with E-state index in [1.54, 1.807) is 7.11 Å². The lowest BCUT2D eigenvalue weighted by atomic mass is 9.83. The van der Waals surface area contributed by atoms with E-state index >= 15 is 0 Å². The third-order valence-corrected chi connectivity index (χ3v) is 5.90. The average molecular weight is 386 g/mol. The van der Waals surface area contributed by atoms with Crippen molar-refractivity contribution in [3.05, 3.63) is 99.8 Å². The molecule has 0 N–H and O–H groups in total. The second kappa shape index (κ2) is 8.52. The van der Waals surface area contributed by atoms with E-state index < -0.39 is 0 Å². The molecule has 0 fully saturated rings. The molecular weight excluding hydrogens is 360 g/mol. The van der Waals surface area contributed by atoms with Crippen LogP contribution >= 0.6 is 0 Å². The first-order valence-electron chi connectivity index (χ1n) is 10.1. The fourth-order valence-corrected chi connectivity index (χ4v) is 4.60. The molecule has 3 nitrogen and oxygen atoms in total. The highest BCUT2D eigenvalue weighted by atomic mass is 16.5. The van der Waals surface area contributed by atoms with Crippen molar-refractivity contribution in [2.24, 2.45) is 0 Å². The summed E-state index contributed by atoms with van der Waals surface area (Å²) in [6.45, 7) is 0. The van der Waals surface area contributed by atoms with Crippen LogP contribution in [0.4, 0.5) is 0 Å². The van der Waals surface area contributed by atoms with Crippen molar-refractivity contribution in [1.29, 1.82) is 0 Å². The Morgan fingerprint density at radius 1 is 0.897 bits per heavy atom. The highest BCUT2D eigenvalue weighted by Gasteiger charge is 2.37. The summed E-state index contributed by atoms with van der Waals surface area (Å²) in [5.41, 5.74) is 7.03. The number of ether oxygens (including phenoxy) is 2. The highest BCUT2D eigenvalue weighted by molar-refractivity contribution is 5.92. The normalized spacial score (nSPS) is 20.5. The summed E-state index contributed by atoms with van der Waals surface area (Å²) in [7, 11) is 3.09. The molecule has 2 aliphatic rings. The summed E-state index contributed by atoms with van der Waals surface area (Å²) in [6.07, 6.45) is 5.82. The predicted octanol–water partition coefficient (Wildman–Crippen LogP) is 5.81. The van der Waals surface area contributed by atoms with Crippen LogP contribution in [0.15, 0.2) is 88.7 Å². The first-order valence-corrected chi connectivity index (χ1v) is 10.1. The van der Waals surface area contributed by atoms with E-state index in [1.165, 1.54) is 29.4 Å². The van der Waals surface area contributed by atoms with Gasteiger partial charge in [-0.25, -0.2) is 4.79 Å². The number of hydrogen-bond donors (Lipinski definition) is 0. The Labute approximate surface area is 172 Å². The van der Waals surface area contributed by atoms with E-state index in [-0.39, 0.29) is 11.9 Å². The number of rotatable bonds is 4. The van der Waals surface area contributed by atoms with Gasteiger partial charge in [-0.3, -0.25) is 0 Å². The Morgan fingerprint density at radius 2 is 1.59 bits per heavy atom. The van der Waals surface area contributed by atoms with Crippen molar-refractivity contribution < 1.29 is 14.3 Å². The van der Waals surface area contributed by atoms with Crippen LogP contribution in [0.25, 0.3) is 6.08 Å². The van der Waals surface area contributed by atoms with Gasteiger partial charge in [-0.15, -0.1) is 0 Å². The van der Waals surface area contributed by atoms with Crippen molar-refractivity contribution in [1.82, 2.24) is 0 Å². The van der Waals surface area contributed by atoms with Crippen LogP contribution in [0.2, 0.25) is 0 Å². The zero-order valence-corrected chi connectivity index (χ0v) is 17.0. The molecule has 0 spiro atoms. The van der Waals surface area contributed by atoms with Gasteiger partial charge in [-0.2, -0.15) is 0 Å². The Hall–Kier alpha value is -3.07. The molecular formula is C26H26O3. The molecule has 4 rings (SSSR count). The number of allylic oxidation sites excluding steroid dienone is 4. The number of esters is 1. The fourth-order valence-electron chi connectivity index (χ4n) is 4.60. The zero-order chi connectivity index (χ0) is 20.2. The van der Waals surface area contributed by atoms with E-state index in [0.29, 0.717) is 12.0 Å². The van der Waals surface area contributed by atoms with E-state index in [2.05, 4.69) is 42.5 Å². The van der Waals surface area contributed by atoms with Crippen molar-refractivity contribution in [2.75, 3.05) is 14.2 Å². The van der Waals surface area contributed by atoms with Crippen LogP contribution in [0.3, 0.4) is 0 Å². The Kier molecular flexibility index (Phi) is 5.66. The second-order valence-electron chi connectivity index (χ2n) is 7.46. The van der Waals surface area contributed by atoms with Gasteiger partial charge in [0.25, 0.3) is 0 Å². The fraction of sp³-hybridized carbons (Fsp3) is 0.269. The van der Waals surface area contributed by atoms with E-state index in [9.17, 15) is 4.79 Å². The molecule has 0 bridgehead atoms. The maximum absolute atomic E-state index is 12.8. The van der Waals surface area contributed by atoms with Crippen LogP contribution in [0, 0.1) is 0 Å². The van der Waals surface area contributed by atoms with Crippen molar-refractivity contribution >= 4 is 12.0 Å². The number of methoxy groups -OCH3 is 2. The van der Waals surface area contributed by atoms with E-state index in [4.69, 9.17) is 9.47 Å². The van der Waals surface area contributed by atoms with Gasteiger partial charge < -0.3 is 9.47 Å². The molecule has 3 heteroatoms. The molecule has 0 heterocycles. The molecule has 2 aromatic rings. The molecule has 1 atom stereocenters. The monoisotopic (exact) mass is 386 g/mol. The first kappa shape index (κ1) is 19.3. The van der Waals surface area contributed by atoms with Gasteiger partial charge in [-0.05, 0) is 41.5 Å². The topological polar surface area (TPSA) is 35.5 Å². The van der Waals surface area contributed by atoms with Gasteiger partial charge in [0.05, 0.1) is 19.8 Å². The molecule has 0 saturated carbocycles. The molecule has 0 unspecified atom stereocenters. The lowest BCUT2D eigenvalue weighted by Crippen LogP contribution is -2.17. The van der Waals surface area contributed by atoms with Crippen molar-refractivity contribution in [3.63, 3.8) is 0 Å². The molecule has 0 radical (unpaired) electrons. The summed E-state index contributed by atoms with van der Waals surface area (Å²) in [6, 6.07) is 20.7. The van der Waals surface area contributed by atoms with Crippen molar-refractivity contribution in [2.45, 2.75) is 31.6 Å². The van der Waals surface area contributed by atoms with Gasteiger partial charge >= 0.3 is 5.97 Å². The zero-order valence-electron chi connectivity index (χ0n) is 17.0. The Morgan fingerprint density at radius 3 is 2.24 bits per heavy atom. The SMILES string of the molecule is COC(=O)C1=C(OC)CCC2=C(CC/C2=C\c2ccccc2)[C@@H]1c1ccccc1. The maximum Gasteiger partial charge on any atom is 0.338 e. The van der Waals surface area contributed by atoms with E-state index in [1.807, 2.05) is 24.3 Å². The lowest BCUT2D eigenvalue weighted by molar-refractivity contribution is -0.136. The minimum atomic E-state index is -0.301. The van der Waals surface area contributed by atoms with Gasteiger partial charge in [-0.1, -0.05) is 72.3 Å². The minimum absolute atomic E-state index is 0.127. The molecule has 2 aliphatic carbocycles. The number of carbonyl (C=O) groups excluding carboxylic acids is 1. The van der Waals surface area contributed by atoms with Gasteiger partial charge in [0.2, 0.25) is 0 Å². The minimum Gasteiger partial charge on any atom is -0.500 e. The smallest absolute Gasteiger partial charge is 0.338 e. The van der Waals surface area contributed by atoms with Crippen LogP contribution in [-0.4, -0.2) is 20.2 Å². The summed E-state index contributed by atoms with van der Waals surface area (Å²) < 4.78 is 10.9. The Bertz CT molecular complexity index is 981. The largest absolute Gasteiger partial charge is 0.500 e. The third kappa shape index (κ3) is 3.77. The molecule has 0 aromatic heterocycles. The number of carbonyl (C=O) groups is 1. The van der Waals surface area contributed by atoms with Gasteiger partial charge in [0.15, 0.2) is 0 Å². The number of hydrogen-bond acceptors (Lipinski definition) is 3. The Balaban J connectivity index is 1.86. The molecule has 2 aromatic carbocycles. The molecule has 0 aliphatic heterocycles. The van der Waals surface area contributed by atoms with Gasteiger partial charge in [0.1, 0.15) is 5.76 Å². The summed E-state index contributed by atoms with van der Waals surface area (Å²) in [5, 5.41) is 0. The van der Waals surface area contributed by atoms with E-state index in [0.717, 1.165) is 30.6 Å². The molecule has 0 amide bonds. The quantitative estimate of drug-likeness (QED) is 0.622. The average Bonchev–Trinajstić information content (AvgIpc) is 3.07.